The molecule has 8 nitrogen and oxygen atoms in total. The molecule has 3 heterocycles. The fourth-order valence-electron chi connectivity index (χ4n) is 3.41. The van der Waals surface area contributed by atoms with Crippen molar-refractivity contribution in [1.82, 2.24) is 15.0 Å². The maximum absolute atomic E-state index is 11.7. The van der Waals surface area contributed by atoms with Crippen molar-refractivity contribution >= 4 is 17.5 Å². The van der Waals surface area contributed by atoms with E-state index in [-0.39, 0.29) is 11.9 Å². The minimum absolute atomic E-state index is 0.00281. The summed E-state index contributed by atoms with van der Waals surface area (Å²) < 4.78 is 16.3. The highest BCUT2D eigenvalue weighted by molar-refractivity contribution is 5.86. The zero-order valence-corrected chi connectivity index (χ0v) is 15.3. The Balaban J connectivity index is 1.54. The van der Waals surface area contributed by atoms with E-state index >= 15 is 0 Å². The van der Waals surface area contributed by atoms with Crippen LogP contribution in [-0.4, -0.2) is 47.3 Å². The van der Waals surface area contributed by atoms with E-state index in [1.807, 2.05) is 17.0 Å². The summed E-state index contributed by atoms with van der Waals surface area (Å²) in [6, 6.07) is 3.82. The van der Waals surface area contributed by atoms with Gasteiger partial charge in [-0.05, 0) is 31.7 Å². The highest BCUT2D eigenvalue weighted by atomic mass is 16.5. The zero-order valence-electron chi connectivity index (χ0n) is 15.3. The van der Waals surface area contributed by atoms with E-state index in [2.05, 4.69) is 15.0 Å². The number of ether oxygens (including phenoxy) is 3. The predicted molar refractivity (Wildman–Crippen MR) is 97.6 cm³/mol. The molecule has 0 saturated heterocycles. The van der Waals surface area contributed by atoms with Gasteiger partial charge in [-0.2, -0.15) is 0 Å². The Labute approximate surface area is 157 Å². The van der Waals surface area contributed by atoms with Crippen molar-refractivity contribution in [3.63, 3.8) is 0 Å². The van der Waals surface area contributed by atoms with E-state index in [0.717, 1.165) is 18.5 Å². The minimum Gasteiger partial charge on any atom is -0.486 e. The first kappa shape index (κ1) is 17.5. The molecule has 2 aliphatic rings. The third-order valence-corrected chi connectivity index (χ3v) is 4.80. The summed E-state index contributed by atoms with van der Waals surface area (Å²) in [5.41, 5.74) is 0.852. The molecule has 2 aromatic heterocycles. The van der Waals surface area contributed by atoms with Gasteiger partial charge in [0.1, 0.15) is 12.7 Å². The minimum atomic E-state index is -0.585. The molecule has 0 N–H and O–H groups in total. The molecule has 0 bridgehead atoms. The summed E-state index contributed by atoms with van der Waals surface area (Å²) >= 11 is 0. The standard InChI is InChI=1S/C19H22N4O4/c1-25-19(24)17-21-12-15-18(22-17)23(9-10-26-15)13-7-8-16(20-11-13)27-14-5-3-2-4-6-14/h7-8,11-12,14H,2-6,9-10H2,1H3. The molecule has 2 aromatic rings. The summed E-state index contributed by atoms with van der Waals surface area (Å²) in [5, 5.41) is 0. The monoisotopic (exact) mass is 370 g/mol. The molecule has 1 fully saturated rings. The van der Waals surface area contributed by atoms with Gasteiger partial charge < -0.3 is 19.1 Å². The number of hydrogen-bond donors (Lipinski definition) is 0. The van der Waals surface area contributed by atoms with Crippen LogP contribution in [0.25, 0.3) is 0 Å². The Hall–Kier alpha value is -2.90. The molecular formula is C19H22N4O4. The van der Waals surface area contributed by atoms with Gasteiger partial charge in [0, 0.05) is 6.07 Å². The van der Waals surface area contributed by atoms with E-state index in [1.54, 1.807) is 6.20 Å². The molecular weight excluding hydrogens is 348 g/mol. The lowest BCUT2D eigenvalue weighted by Gasteiger charge is -2.29. The van der Waals surface area contributed by atoms with Gasteiger partial charge in [0.25, 0.3) is 0 Å². The van der Waals surface area contributed by atoms with E-state index in [0.29, 0.717) is 30.6 Å². The van der Waals surface area contributed by atoms with E-state index in [1.165, 1.54) is 32.6 Å². The van der Waals surface area contributed by atoms with Gasteiger partial charge in [-0.1, -0.05) is 6.42 Å². The predicted octanol–water partition coefficient (Wildman–Crippen LogP) is 2.90. The van der Waals surface area contributed by atoms with Crippen molar-refractivity contribution in [2.45, 2.75) is 38.2 Å². The third kappa shape index (κ3) is 3.79. The number of pyridine rings is 1. The number of carbonyl (C=O) groups excluding carboxylic acids is 1. The van der Waals surface area contributed by atoms with Crippen LogP contribution in [0.3, 0.4) is 0 Å². The number of nitrogens with zero attached hydrogens (tertiary/aromatic N) is 4. The fraction of sp³-hybridized carbons (Fsp3) is 0.474. The van der Waals surface area contributed by atoms with Gasteiger partial charge in [0.2, 0.25) is 11.7 Å². The summed E-state index contributed by atoms with van der Waals surface area (Å²) in [6.07, 6.45) is 9.42. The van der Waals surface area contributed by atoms with Crippen LogP contribution in [0.2, 0.25) is 0 Å². The molecule has 0 amide bonds. The number of hydrogen-bond acceptors (Lipinski definition) is 8. The Kier molecular flexibility index (Phi) is 5.04. The summed E-state index contributed by atoms with van der Waals surface area (Å²) in [6.45, 7) is 1.09. The van der Waals surface area contributed by atoms with Gasteiger partial charge in [-0.15, -0.1) is 0 Å². The Morgan fingerprint density at radius 1 is 1.19 bits per heavy atom. The number of fused-ring (bicyclic) bond motifs is 1. The molecule has 142 valence electrons. The second-order valence-corrected chi connectivity index (χ2v) is 6.61. The van der Waals surface area contributed by atoms with Gasteiger partial charge >= 0.3 is 5.97 Å². The average molecular weight is 370 g/mol. The van der Waals surface area contributed by atoms with E-state index < -0.39 is 5.97 Å². The lowest BCUT2D eigenvalue weighted by Crippen LogP contribution is -2.30. The van der Waals surface area contributed by atoms with Crippen LogP contribution >= 0.6 is 0 Å². The van der Waals surface area contributed by atoms with Crippen molar-refractivity contribution < 1.29 is 19.0 Å². The number of rotatable bonds is 4. The first-order valence-electron chi connectivity index (χ1n) is 9.23. The number of methoxy groups -OCH3 is 1. The quantitative estimate of drug-likeness (QED) is 0.760. The summed E-state index contributed by atoms with van der Waals surface area (Å²) in [5.74, 6) is 1.10. The van der Waals surface area contributed by atoms with Crippen molar-refractivity contribution in [3.05, 3.63) is 30.4 Å². The normalized spacial score (nSPS) is 17.0. The average Bonchev–Trinajstić information content (AvgIpc) is 2.74. The van der Waals surface area contributed by atoms with Crippen LogP contribution in [-0.2, 0) is 4.74 Å². The van der Waals surface area contributed by atoms with Crippen LogP contribution in [0, 0.1) is 0 Å². The van der Waals surface area contributed by atoms with Crippen molar-refractivity contribution in [3.8, 4) is 11.6 Å². The molecule has 27 heavy (non-hydrogen) atoms. The van der Waals surface area contributed by atoms with Crippen LogP contribution in [0.4, 0.5) is 11.5 Å². The number of aromatic nitrogens is 3. The number of esters is 1. The van der Waals surface area contributed by atoms with E-state index in [4.69, 9.17) is 14.2 Å². The highest BCUT2D eigenvalue weighted by Crippen LogP contribution is 2.34. The third-order valence-electron chi connectivity index (χ3n) is 4.80. The first-order chi connectivity index (χ1) is 13.2. The van der Waals surface area contributed by atoms with Crippen LogP contribution in [0.5, 0.6) is 11.6 Å². The van der Waals surface area contributed by atoms with Gasteiger partial charge in [-0.3, -0.25) is 0 Å². The Morgan fingerprint density at radius 2 is 2.04 bits per heavy atom. The lowest BCUT2D eigenvalue weighted by atomic mass is 9.98. The number of anilines is 2. The molecule has 0 radical (unpaired) electrons. The molecule has 8 heteroatoms. The number of carbonyl (C=O) groups is 1. The molecule has 1 aliphatic heterocycles. The molecule has 0 unspecified atom stereocenters. The fourth-order valence-corrected chi connectivity index (χ4v) is 3.41. The van der Waals surface area contributed by atoms with Crippen molar-refractivity contribution in [2.75, 3.05) is 25.2 Å². The highest BCUT2D eigenvalue weighted by Gasteiger charge is 2.25. The van der Waals surface area contributed by atoms with E-state index in [9.17, 15) is 4.79 Å². The second kappa shape index (κ2) is 7.77. The topological polar surface area (TPSA) is 86.7 Å². The molecule has 4 rings (SSSR count). The molecule has 0 spiro atoms. The van der Waals surface area contributed by atoms with Gasteiger partial charge in [0.15, 0.2) is 11.6 Å². The SMILES string of the molecule is COC(=O)c1ncc2c(n1)N(c1ccc(OC3CCCCC3)nc1)CCO2. The molecule has 0 aromatic carbocycles. The molecule has 1 aliphatic carbocycles. The van der Waals surface area contributed by atoms with Gasteiger partial charge in [0.05, 0.1) is 31.7 Å². The van der Waals surface area contributed by atoms with Crippen LogP contribution < -0.4 is 14.4 Å². The van der Waals surface area contributed by atoms with Crippen LogP contribution in [0.15, 0.2) is 24.5 Å². The first-order valence-corrected chi connectivity index (χ1v) is 9.23. The zero-order chi connectivity index (χ0) is 18.6. The van der Waals surface area contributed by atoms with Crippen molar-refractivity contribution in [2.24, 2.45) is 0 Å². The largest absolute Gasteiger partial charge is 0.486 e. The second-order valence-electron chi connectivity index (χ2n) is 6.61. The Bertz CT molecular complexity index is 806. The van der Waals surface area contributed by atoms with Crippen molar-refractivity contribution in [1.29, 1.82) is 0 Å². The molecule has 0 atom stereocenters. The maximum Gasteiger partial charge on any atom is 0.376 e. The molecule has 1 saturated carbocycles. The smallest absolute Gasteiger partial charge is 0.376 e. The van der Waals surface area contributed by atoms with Crippen LogP contribution in [0.1, 0.15) is 42.7 Å². The summed E-state index contributed by atoms with van der Waals surface area (Å²) in [4.78, 5) is 26.5. The Morgan fingerprint density at radius 3 is 2.78 bits per heavy atom. The lowest BCUT2D eigenvalue weighted by molar-refractivity contribution is 0.0586. The maximum atomic E-state index is 11.7. The van der Waals surface area contributed by atoms with Gasteiger partial charge in [-0.25, -0.2) is 19.7 Å². The summed E-state index contributed by atoms with van der Waals surface area (Å²) in [7, 11) is 1.30.